The fourth-order valence-corrected chi connectivity index (χ4v) is 4.50. The van der Waals surface area contributed by atoms with Crippen molar-refractivity contribution in [2.45, 2.75) is 181 Å². The van der Waals surface area contributed by atoms with E-state index in [1.54, 1.807) is 6.08 Å². The summed E-state index contributed by atoms with van der Waals surface area (Å²) in [7, 11) is 1.46. The van der Waals surface area contributed by atoms with E-state index < -0.39 is 5.97 Å². The predicted octanol–water partition coefficient (Wildman–Crippen LogP) is 11.0. The van der Waals surface area contributed by atoms with E-state index >= 15 is 0 Å². The summed E-state index contributed by atoms with van der Waals surface area (Å²) in [5.74, 6) is -0.902. The molecule has 0 heterocycles. The molecule has 1 N–H and O–H groups in total. The van der Waals surface area contributed by atoms with Crippen LogP contribution in [0.25, 0.3) is 0 Å². The number of carbonyl (C=O) groups is 2. The molecule has 0 atom stereocenters. The zero-order valence-corrected chi connectivity index (χ0v) is 25.2. The minimum atomic E-state index is -0.835. The Balaban J connectivity index is 0. The molecule has 0 bridgehead atoms. The Labute approximate surface area is 231 Å². The lowest BCUT2D eigenvalue weighted by molar-refractivity contribution is -0.140. The Morgan fingerprint density at radius 1 is 0.541 bits per heavy atom. The largest absolute Gasteiger partial charge is 0.478 e. The molecule has 0 aromatic heterocycles. The molecule has 0 aliphatic rings. The number of hydrogen-bond donors (Lipinski definition) is 1. The number of ether oxygens (including phenoxy) is 1. The highest BCUT2D eigenvalue weighted by atomic mass is 16.5. The summed E-state index contributed by atoms with van der Waals surface area (Å²) in [5.41, 5.74) is 0. The van der Waals surface area contributed by atoms with Crippen molar-refractivity contribution in [3.8, 4) is 0 Å². The zero-order chi connectivity index (χ0) is 27.7. The van der Waals surface area contributed by atoms with Crippen LogP contribution < -0.4 is 0 Å². The van der Waals surface area contributed by atoms with Crippen LogP contribution in [0.5, 0.6) is 0 Å². The first-order chi connectivity index (χ1) is 18.1. The Morgan fingerprint density at radius 2 is 0.865 bits per heavy atom. The van der Waals surface area contributed by atoms with Crippen molar-refractivity contribution in [2.24, 2.45) is 0 Å². The quantitative estimate of drug-likeness (QED) is 0.0659. The average molecular weight is 525 g/mol. The molecule has 37 heavy (non-hydrogen) atoms. The van der Waals surface area contributed by atoms with Gasteiger partial charge in [0.15, 0.2) is 0 Å². The van der Waals surface area contributed by atoms with Gasteiger partial charge in [0.1, 0.15) is 0 Å². The average Bonchev–Trinajstić information content (AvgIpc) is 2.89. The van der Waals surface area contributed by atoms with E-state index in [9.17, 15) is 9.59 Å². The number of carboxylic acids is 1. The van der Waals surface area contributed by atoms with Gasteiger partial charge < -0.3 is 9.84 Å². The molecule has 0 radical (unpaired) electrons. The summed E-state index contributed by atoms with van der Waals surface area (Å²) >= 11 is 0. The lowest BCUT2D eigenvalue weighted by Gasteiger charge is -2.03. The predicted molar refractivity (Wildman–Crippen MR) is 160 cm³/mol. The van der Waals surface area contributed by atoms with Crippen LogP contribution in [0, 0.1) is 0 Å². The normalized spacial score (nSPS) is 10.9. The summed E-state index contributed by atoms with van der Waals surface area (Å²) in [5, 5.41) is 8.40. The number of rotatable bonds is 27. The Hall–Kier alpha value is -1.32. The van der Waals surface area contributed by atoms with Crippen molar-refractivity contribution >= 4 is 11.9 Å². The summed E-state index contributed by atoms with van der Waals surface area (Å²) in [6.07, 6.45) is 36.6. The standard InChI is InChI=1S/C17H34O2.C16H30O2/c1-3-4-5-6-7-8-9-10-11-12-13-14-15-16-17(18)19-2;1-2-3-4-5-6-7-8-9-10-11-12-13-14-15-16(17)18/h3-16H2,1-2H3;14-15H,2-13H2,1H3,(H,17,18). The molecule has 0 fully saturated rings. The number of carbonyl (C=O) groups excluding carboxylic acids is 1. The number of aliphatic carboxylic acids is 1. The van der Waals surface area contributed by atoms with E-state index in [0.29, 0.717) is 6.42 Å². The van der Waals surface area contributed by atoms with Gasteiger partial charge in [-0.25, -0.2) is 4.79 Å². The minimum Gasteiger partial charge on any atom is -0.478 e. The van der Waals surface area contributed by atoms with Crippen molar-refractivity contribution in [3.05, 3.63) is 12.2 Å². The van der Waals surface area contributed by atoms with Crippen LogP contribution in [0.3, 0.4) is 0 Å². The maximum atomic E-state index is 10.9. The first-order valence-corrected chi connectivity index (χ1v) is 16.0. The van der Waals surface area contributed by atoms with Crippen molar-refractivity contribution in [3.63, 3.8) is 0 Å². The SMILES string of the molecule is CCCCCCCCCCCCCC=CC(=O)O.CCCCCCCCCCCCCCCC(=O)OC. The molecule has 220 valence electrons. The molecule has 0 aliphatic heterocycles. The Bertz CT molecular complexity index is 487. The third kappa shape index (κ3) is 39.3. The molecule has 0 aromatic carbocycles. The van der Waals surface area contributed by atoms with E-state index in [1.165, 1.54) is 154 Å². The molecule has 0 aromatic rings. The highest BCUT2D eigenvalue weighted by molar-refractivity contribution is 5.79. The van der Waals surface area contributed by atoms with E-state index in [-0.39, 0.29) is 5.97 Å². The van der Waals surface area contributed by atoms with Gasteiger partial charge in [-0.3, -0.25) is 4.79 Å². The van der Waals surface area contributed by atoms with Gasteiger partial charge in [-0.05, 0) is 19.3 Å². The third-order valence-electron chi connectivity index (χ3n) is 6.95. The zero-order valence-electron chi connectivity index (χ0n) is 25.2. The number of hydrogen-bond acceptors (Lipinski definition) is 3. The van der Waals surface area contributed by atoms with Crippen molar-refractivity contribution in [2.75, 3.05) is 7.11 Å². The summed E-state index contributed by atoms with van der Waals surface area (Å²) in [4.78, 5) is 21.1. The highest BCUT2D eigenvalue weighted by Crippen LogP contribution is 2.13. The fourth-order valence-electron chi connectivity index (χ4n) is 4.50. The molecule has 0 rings (SSSR count). The van der Waals surface area contributed by atoms with Crippen LogP contribution in [-0.2, 0) is 14.3 Å². The second-order valence-electron chi connectivity index (χ2n) is 10.6. The van der Waals surface area contributed by atoms with Crippen LogP contribution in [0.1, 0.15) is 181 Å². The number of carboxylic acid groups (broad SMARTS) is 1. The van der Waals surface area contributed by atoms with Gasteiger partial charge in [-0.15, -0.1) is 0 Å². The number of esters is 1. The fraction of sp³-hybridized carbons (Fsp3) is 0.879. The summed E-state index contributed by atoms with van der Waals surface area (Å²) in [6, 6.07) is 0. The topological polar surface area (TPSA) is 63.6 Å². The van der Waals surface area contributed by atoms with Gasteiger partial charge in [-0.2, -0.15) is 0 Å². The second-order valence-corrected chi connectivity index (χ2v) is 10.6. The van der Waals surface area contributed by atoms with E-state index in [2.05, 4.69) is 18.6 Å². The van der Waals surface area contributed by atoms with E-state index in [4.69, 9.17) is 5.11 Å². The molecule has 0 saturated carbocycles. The molecule has 0 amide bonds. The number of unbranched alkanes of at least 4 members (excludes halogenated alkanes) is 23. The van der Waals surface area contributed by atoms with Gasteiger partial charge in [-0.1, -0.05) is 161 Å². The first kappa shape index (κ1) is 37.8. The molecular formula is C33H64O4. The van der Waals surface area contributed by atoms with Crippen molar-refractivity contribution in [1.29, 1.82) is 0 Å². The third-order valence-corrected chi connectivity index (χ3v) is 6.95. The van der Waals surface area contributed by atoms with Crippen molar-refractivity contribution < 1.29 is 19.4 Å². The van der Waals surface area contributed by atoms with Gasteiger partial charge in [0.05, 0.1) is 7.11 Å². The van der Waals surface area contributed by atoms with Crippen molar-refractivity contribution in [1.82, 2.24) is 0 Å². The first-order valence-electron chi connectivity index (χ1n) is 16.0. The van der Waals surface area contributed by atoms with Gasteiger partial charge in [0, 0.05) is 12.5 Å². The van der Waals surface area contributed by atoms with Gasteiger partial charge in [0.25, 0.3) is 0 Å². The monoisotopic (exact) mass is 524 g/mol. The van der Waals surface area contributed by atoms with Crippen LogP contribution >= 0.6 is 0 Å². The van der Waals surface area contributed by atoms with E-state index in [1.807, 2.05) is 0 Å². The van der Waals surface area contributed by atoms with E-state index in [0.717, 1.165) is 19.3 Å². The Kier molecular flexibility index (Phi) is 35.5. The maximum Gasteiger partial charge on any atom is 0.327 e. The highest BCUT2D eigenvalue weighted by Gasteiger charge is 1.99. The molecular weight excluding hydrogens is 460 g/mol. The van der Waals surface area contributed by atoms with Gasteiger partial charge >= 0.3 is 11.9 Å². The molecule has 0 saturated heterocycles. The van der Waals surface area contributed by atoms with Crippen LogP contribution in [0.2, 0.25) is 0 Å². The van der Waals surface area contributed by atoms with Crippen LogP contribution in [0.4, 0.5) is 0 Å². The number of methoxy groups -OCH3 is 1. The molecule has 0 aliphatic carbocycles. The Morgan fingerprint density at radius 3 is 1.19 bits per heavy atom. The molecule has 4 nitrogen and oxygen atoms in total. The molecule has 4 heteroatoms. The maximum absolute atomic E-state index is 10.9. The summed E-state index contributed by atoms with van der Waals surface area (Å²) in [6.45, 7) is 4.52. The van der Waals surface area contributed by atoms with Crippen LogP contribution in [0.15, 0.2) is 12.2 Å². The van der Waals surface area contributed by atoms with Gasteiger partial charge in [0.2, 0.25) is 0 Å². The van der Waals surface area contributed by atoms with Crippen LogP contribution in [-0.4, -0.2) is 24.2 Å². The minimum absolute atomic E-state index is 0.0666. The smallest absolute Gasteiger partial charge is 0.327 e. The summed E-state index contributed by atoms with van der Waals surface area (Å²) < 4.78 is 4.62. The molecule has 0 unspecified atom stereocenters. The molecule has 0 spiro atoms. The lowest BCUT2D eigenvalue weighted by atomic mass is 10.0. The second kappa shape index (κ2) is 34.7. The number of allylic oxidation sites excluding steroid dienone is 1. The lowest BCUT2D eigenvalue weighted by Crippen LogP contribution is -1.99.